The average molecular weight is 246 g/mol. The van der Waals surface area contributed by atoms with Crippen molar-refractivity contribution in [2.24, 2.45) is 0 Å². The van der Waals surface area contributed by atoms with Gasteiger partial charge in [-0.05, 0) is 25.2 Å². The summed E-state index contributed by atoms with van der Waals surface area (Å²) in [6.07, 6.45) is 0. The Morgan fingerprint density at radius 2 is 2.20 bits per heavy atom. The molecule has 1 aromatic rings. The first-order chi connectivity index (χ1) is 7.03. The lowest BCUT2D eigenvalue weighted by Gasteiger charge is -2.16. The second-order valence-corrected chi connectivity index (χ2v) is 6.11. The molecule has 15 heavy (non-hydrogen) atoms. The Hall–Kier alpha value is -0.423. The standard InChI is InChI=1S/C10H11ClFO2Si/c1-15(2)14-10(6-13-10)7-3-4-8(11)9(12)5-7/h3-5H,6H2,1-2H3. The molecule has 1 radical (unpaired) electrons. The minimum absolute atomic E-state index is 0.119. The molecule has 1 aromatic carbocycles. The second-order valence-electron chi connectivity index (χ2n) is 3.68. The fraction of sp³-hybridized carbons (Fsp3) is 0.400. The number of halogens is 2. The van der Waals surface area contributed by atoms with Crippen molar-refractivity contribution in [1.29, 1.82) is 0 Å². The lowest BCUT2D eigenvalue weighted by atomic mass is 10.1. The number of ether oxygens (including phenoxy) is 1. The van der Waals surface area contributed by atoms with E-state index >= 15 is 0 Å². The van der Waals surface area contributed by atoms with Crippen LogP contribution in [-0.2, 0) is 14.9 Å². The van der Waals surface area contributed by atoms with Crippen molar-refractivity contribution >= 4 is 20.6 Å². The molecule has 1 aliphatic rings. The molecular weight excluding hydrogens is 235 g/mol. The first-order valence-corrected chi connectivity index (χ1v) is 7.41. The average Bonchev–Trinajstić information content (AvgIpc) is 2.89. The van der Waals surface area contributed by atoms with Gasteiger partial charge in [-0.25, -0.2) is 4.39 Å². The van der Waals surface area contributed by atoms with Crippen LogP contribution in [0.2, 0.25) is 18.1 Å². The van der Waals surface area contributed by atoms with Crippen LogP contribution in [0.1, 0.15) is 5.56 Å². The molecule has 0 bridgehead atoms. The molecule has 2 nitrogen and oxygen atoms in total. The van der Waals surface area contributed by atoms with Crippen LogP contribution in [0.25, 0.3) is 0 Å². The maximum absolute atomic E-state index is 13.2. The van der Waals surface area contributed by atoms with Gasteiger partial charge in [-0.15, -0.1) is 0 Å². The Morgan fingerprint density at radius 1 is 1.53 bits per heavy atom. The maximum Gasteiger partial charge on any atom is 0.210 e. The van der Waals surface area contributed by atoms with Crippen molar-refractivity contribution in [3.8, 4) is 0 Å². The summed E-state index contributed by atoms with van der Waals surface area (Å²) in [7, 11) is -0.879. The van der Waals surface area contributed by atoms with Gasteiger partial charge in [0.05, 0.1) is 5.02 Å². The third kappa shape index (κ3) is 2.23. The van der Waals surface area contributed by atoms with Gasteiger partial charge in [-0.1, -0.05) is 17.7 Å². The number of epoxide rings is 1. The summed E-state index contributed by atoms with van der Waals surface area (Å²) >= 11 is 5.61. The van der Waals surface area contributed by atoms with Gasteiger partial charge >= 0.3 is 0 Å². The highest BCUT2D eigenvalue weighted by atomic mass is 35.5. The molecular formula is C10H11ClFO2Si. The molecule has 1 aliphatic heterocycles. The zero-order chi connectivity index (χ0) is 11.1. The highest BCUT2D eigenvalue weighted by Gasteiger charge is 2.48. The summed E-state index contributed by atoms with van der Waals surface area (Å²) in [6.45, 7) is 4.52. The Bertz CT molecular complexity index is 380. The van der Waals surface area contributed by atoms with E-state index in [0.717, 1.165) is 0 Å². The Balaban J connectivity index is 2.26. The minimum Gasteiger partial charge on any atom is -0.385 e. The van der Waals surface area contributed by atoms with Crippen molar-refractivity contribution < 1.29 is 13.6 Å². The largest absolute Gasteiger partial charge is 0.385 e. The van der Waals surface area contributed by atoms with Gasteiger partial charge in [0.2, 0.25) is 14.8 Å². The van der Waals surface area contributed by atoms with Crippen LogP contribution >= 0.6 is 11.6 Å². The third-order valence-electron chi connectivity index (χ3n) is 2.13. The van der Waals surface area contributed by atoms with Gasteiger partial charge in [-0.2, -0.15) is 0 Å². The lowest BCUT2D eigenvalue weighted by molar-refractivity contribution is 0.0586. The summed E-state index contributed by atoms with van der Waals surface area (Å²) in [5.41, 5.74) is 0.704. The minimum atomic E-state index is -0.879. The van der Waals surface area contributed by atoms with Crippen LogP contribution < -0.4 is 0 Å². The van der Waals surface area contributed by atoms with E-state index in [4.69, 9.17) is 20.8 Å². The van der Waals surface area contributed by atoms with Crippen LogP contribution in [-0.4, -0.2) is 15.6 Å². The quantitative estimate of drug-likeness (QED) is 0.603. The molecule has 0 amide bonds. The fourth-order valence-corrected chi connectivity index (χ4v) is 2.43. The van der Waals surface area contributed by atoms with Gasteiger partial charge in [0, 0.05) is 5.56 Å². The van der Waals surface area contributed by atoms with E-state index in [0.29, 0.717) is 12.2 Å². The van der Waals surface area contributed by atoms with Gasteiger partial charge in [-0.3, -0.25) is 0 Å². The zero-order valence-corrected chi connectivity index (χ0v) is 10.3. The van der Waals surface area contributed by atoms with Gasteiger partial charge < -0.3 is 9.16 Å². The van der Waals surface area contributed by atoms with Crippen LogP contribution in [0.15, 0.2) is 18.2 Å². The summed E-state index contributed by atoms with van der Waals surface area (Å²) in [5, 5.41) is 0.119. The molecule has 0 aromatic heterocycles. The molecule has 1 unspecified atom stereocenters. The molecule has 1 fully saturated rings. The number of benzene rings is 1. The summed E-state index contributed by atoms with van der Waals surface area (Å²) in [5.74, 6) is -1.14. The summed E-state index contributed by atoms with van der Waals surface area (Å²) < 4.78 is 24.2. The van der Waals surface area contributed by atoms with E-state index in [9.17, 15) is 4.39 Å². The van der Waals surface area contributed by atoms with Crippen LogP contribution in [0.3, 0.4) is 0 Å². The first kappa shape index (κ1) is 11.1. The molecule has 1 atom stereocenters. The van der Waals surface area contributed by atoms with E-state index in [-0.39, 0.29) is 5.02 Å². The molecule has 1 heterocycles. The topological polar surface area (TPSA) is 21.8 Å². The van der Waals surface area contributed by atoms with Gasteiger partial charge in [0.15, 0.2) is 0 Å². The summed E-state index contributed by atoms with van der Waals surface area (Å²) in [6, 6.07) is 4.64. The first-order valence-electron chi connectivity index (χ1n) is 4.62. The maximum atomic E-state index is 13.2. The van der Waals surface area contributed by atoms with Gasteiger partial charge in [0.25, 0.3) is 0 Å². The van der Waals surface area contributed by atoms with Crippen LogP contribution in [0.4, 0.5) is 4.39 Å². The van der Waals surface area contributed by atoms with Crippen molar-refractivity contribution in [1.82, 2.24) is 0 Å². The van der Waals surface area contributed by atoms with E-state index in [2.05, 4.69) is 0 Å². The molecule has 0 spiro atoms. The van der Waals surface area contributed by atoms with Crippen LogP contribution in [0, 0.1) is 5.82 Å². The van der Waals surface area contributed by atoms with Crippen LogP contribution in [0.5, 0.6) is 0 Å². The molecule has 1 saturated heterocycles. The molecule has 5 heteroatoms. The molecule has 2 rings (SSSR count). The second kappa shape index (κ2) is 3.86. The smallest absolute Gasteiger partial charge is 0.210 e. The highest BCUT2D eigenvalue weighted by molar-refractivity contribution is 6.48. The van der Waals surface area contributed by atoms with E-state index in [1.807, 2.05) is 13.1 Å². The Labute approximate surface area is 94.7 Å². The Kier molecular flexibility index (Phi) is 2.85. The zero-order valence-electron chi connectivity index (χ0n) is 8.51. The number of hydrogen-bond acceptors (Lipinski definition) is 2. The van der Waals surface area contributed by atoms with Crippen molar-refractivity contribution in [3.63, 3.8) is 0 Å². The predicted molar refractivity (Wildman–Crippen MR) is 57.6 cm³/mol. The molecule has 0 saturated carbocycles. The lowest BCUT2D eigenvalue weighted by Crippen LogP contribution is -2.21. The number of rotatable bonds is 3. The number of hydrogen-bond donors (Lipinski definition) is 0. The fourth-order valence-electron chi connectivity index (χ4n) is 1.41. The molecule has 0 N–H and O–H groups in total. The van der Waals surface area contributed by atoms with Gasteiger partial charge in [0.1, 0.15) is 12.4 Å². The normalized spacial score (nSPS) is 24.6. The van der Waals surface area contributed by atoms with Crippen molar-refractivity contribution in [2.75, 3.05) is 6.61 Å². The Morgan fingerprint density at radius 3 is 2.67 bits per heavy atom. The predicted octanol–water partition coefficient (Wildman–Crippen LogP) is 2.93. The monoisotopic (exact) mass is 245 g/mol. The molecule has 81 valence electrons. The van der Waals surface area contributed by atoms with Crippen molar-refractivity contribution in [3.05, 3.63) is 34.6 Å². The molecule has 0 aliphatic carbocycles. The third-order valence-corrected chi connectivity index (χ3v) is 3.18. The van der Waals surface area contributed by atoms with E-state index in [1.165, 1.54) is 12.1 Å². The van der Waals surface area contributed by atoms with E-state index < -0.39 is 20.6 Å². The van der Waals surface area contributed by atoms with Crippen molar-refractivity contribution in [2.45, 2.75) is 18.9 Å². The SMILES string of the molecule is C[Si](C)OC1(c2ccc(Cl)c(F)c2)CO1. The highest BCUT2D eigenvalue weighted by Crippen LogP contribution is 2.41. The van der Waals surface area contributed by atoms with E-state index in [1.54, 1.807) is 6.07 Å². The summed E-state index contributed by atoms with van der Waals surface area (Å²) in [4.78, 5) is 0.